The van der Waals surface area contributed by atoms with Gasteiger partial charge < -0.3 is 25.4 Å². The van der Waals surface area contributed by atoms with Crippen LogP contribution in [0.1, 0.15) is 28.8 Å². The largest absolute Gasteiger partial charge is 0.457 e. The third kappa shape index (κ3) is 4.23. The molecule has 1 spiro atoms. The van der Waals surface area contributed by atoms with Crippen molar-refractivity contribution < 1.29 is 23.5 Å². The first-order valence-electron chi connectivity index (χ1n) is 10.0. The Bertz CT molecular complexity index is 950. The van der Waals surface area contributed by atoms with Crippen molar-refractivity contribution in [2.75, 3.05) is 26.2 Å². The molecule has 2 saturated heterocycles. The van der Waals surface area contributed by atoms with Crippen LogP contribution in [0.4, 0.5) is 9.18 Å². The molecule has 2 aliphatic rings. The number of alkyl carbamates (subject to hydrolysis) is 1. The third-order valence-corrected chi connectivity index (χ3v) is 5.45. The number of benzene rings is 2. The van der Waals surface area contributed by atoms with Crippen LogP contribution >= 0.6 is 0 Å². The van der Waals surface area contributed by atoms with Gasteiger partial charge in [-0.25, -0.2) is 9.18 Å². The van der Waals surface area contributed by atoms with Crippen molar-refractivity contribution in [3.8, 4) is 11.5 Å². The Balaban J connectivity index is 1.49. The van der Waals surface area contributed by atoms with Crippen LogP contribution in [0.25, 0.3) is 0 Å². The lowest BCUT2D eigenvalue weighted by Crippen LogP contribution is -2.52. The van der Waals surface area contributed by atoms with Crippen LogP contribution in [0.2, 0.25) is 0 Å². The lowest BCUT2D eigenvalue weighted by atomic mass is 9.92. The molecule has 158 valence electrons. The average molecular weight is 413 g/mol. The highest BCUT2D eigenvalue weighted by atomic mass is 19.1. The number of likely N-dealkylation sites (tertiary alicyclic amines) is 1. The van der Waals surface area contributed by atoms with E-state index in [1.54, 1.807) is 0 Å². The van der Waals surface area contributed by atoms with Crippen LogP contribution < -0.4 is 15.8 Å². The van der Waals surface area contributed by atoms with Gasteiger partial charge in [0.1, 0.15) is 22.9 Å². The van der Waals surface area contributed by atoms with Crippen LogP contribution in [0, 0.1) is 5.82 Å². The first-order chi connectivity index (χ1) is 14.5. The van der Waals surface area contributed by atoms with Gasteiger partial charge in [-0.3, -0.25) is 4.79 Å². The molecule has 2 amide bonds. The van der Waals surface area contributed by atoms with Gasteiger partial charge in [-0.1, -0.05) is 12.1 Å². The summed E-state index contributed by atoms with van der Waals surface area (Å²) in [5.74, 6) is -0.112. The summed E-state index contributed by atoms with van der Waals surface area (Å²) in [6.45, 7) is 1.63. The number of ether oxygens (including phenoxy) is 2. The van der Waals surface area contributed by atoms with Crippen LogP contribution in [0.5, 0.6) is 11.5 Å². The van der Waals surface area contributed by atoms with Gasteiger partial charge in [0.15, 0.2) is 0 Å². The molecule has 2 heterocycles. The van der Waals surface area contributed by atoms with Gasteiger partial charge in [-0.05, 0) is 61.7 Å². The van der Waals surface area contributed by atoms with E-state index in [9.17, 15) is 14.0 Å². The Morgan fingerprint density at radius 2 is 2.00 bits per heavy atom. The number of nitrogens with zero attached hydrogens (tertiary/aromatic N) is 1. The molecule has 0 bridgehead atoms. The summed E-state index contributed by atoms with van der Waals surface area (Å²) >= 11 is 0. The SMILES string of the molecule is NCCc1ccc(Oc2ccc(F)c(C(=O)N3CCCC4(CNC(=O)O4)C3)c2)cc1. The normalized spacial score (nSPS) is 20.7. The Kier molecular flexibility index (Phi) is 5.59. The maximum absolute atomic E-state index is 14.5. The van der Waals surface area contributed by atoms with Gasteiger partial charge >= 0.3 is 6.09 Å². The van der Waals surface area contributed by atoms with Gasteiger partial charge in [0.25, 0.3) is 5.91 Å². The number of hydrogen-bond acceptors (Lipinski definition) is 5. The zero-order chi connectivity index (χ0) is 21.1. The second-order valence-corrected chi connectivity index (χ2v) is 7.68. The van der Waals surface area contributed by atoms with E-state index in [0.717, 1.165) is 12.0 Å². The zero-order valence-corrected chi connectivity index (χ0v) is 16.5. The van der Waals surface area contributed by atoms with Crippen LogP contribution in [0.15, 0.2) is 42.5 Å². The summed E-state index contributed by atoms with van der Waals surface area (Å²) in [6, 6.07) is 11.6. The topological polar surface area (TPSA) is 93.9 Å². The molecule has 2 fully saturated rings. The molecule has 0 radical (unpaired) electrons. The highest BCUT2D eigenvalue weighted by Gasteiger charge is 2.45. The Morgan fingerprint density at radius 1 is 1.23 bits per heavy atom. The Labute approximate surface area is 173 Å². The lowest BCUT2D eigenvalue weighted by molar-refractivity contribution is -0.00520. The van der Waals surface area contributed by atoms with Crippen molar-refractivity contribution in [2.24, 2.45) is 5.73 Å². The standard InChI is InChI=1S/C22H24FN3O4/c23-19-7-6-17(29-16-4-2-15(3-5-16)8-10-24)12-18(19)20(27)26-11-1-9-22(14-26)13-25-21(28)30-22/h2-7,12H,1,8-11,13-14,24H2,(H,25,28). The Morgan fingerprint density at radius 3 is 2.70 bits per heavy atom. The second kappa shape index (κ2) is 8.31. The number of nitrogens with two attached hydrogens (primary N) is 1. The number of rotatable bonds is 5. The van der Waals surface area contributed by atoms with Crippen molar-refractivity contribution >= 4 is 12.0 Å². The quantitative estimate of drug-likeness (QED) is 0.786. The highest BCUT2D eigenvalue weighted by Crippen LogP contribution is 2.30. The molecule has 4 rings (SSSR count). The number of piperidine rings is 1. The molecule has 2 aromatic carbocycles. The molecule has 2 aromatic rings. The maximum atomic E-state index is 14.5. The summed E-state index contributed by atoms with van der Waals surface area (Å²) in [4.78, 5) is 26.0. The van der Waals surface area contributed by atoms with E-state index in [1.807, 2.05) is 24.3 Å². The Hall–Kier alpha value is -3.13. The third-order valence-electron chi connectivity index (χ3n) is 5.45. The van der Waals surface area contributed by atoms with Gasteiger partial charge in [0.05, 0.1) is 18.7 Å². The van der Waals surface area contributed by atoms with Crippen molar-refractivity contribution in [1.82, 2.24) is 10.2 Å². The zero-order valence-electron chi connectivity index (χ0n) is 16.5. The minimum Gasteiger partial charge on any atom is -0.457 e. The monoisotopic (exact) mass is 413 g/mol. The van der Waals surface area contributed by atoms with Gasteiger partial charge in [-0.2, -0.15) is 0 Å². The van der Waals surface area contributed by atoms with E-state index >= 15 is 0 Å². The van der Waals surface area contributed by atoms with Gasteiger partial charge in [0.2, 0.25) is 0 Å². The summed E-state index contributed by atoms with van der Waals surface area (Å²) in [6.07, 6.45) is 1.63. The molecule has 30 heavy (non-hydrogen) atoms. The fraction of sp³-hybridized carbons (Fsp3) is 0.364. The molecule has 0 aliphatic carbocycles. The number of hydrogen-bond donors (Lipinski definition) is 2. The molecule has 1 atom stereocenters. The first-order valence-corrected chi connectivity index (χ1v) is 10.0. The van der Waals surface area contributed by atoms with E-state index in [4.69, 9.17) is 15.2 Å². The van der Waals surface area contributed by atoms with E-state index in [1.165, 1.54) is 23.1 Å². The van der Waals surface area contributed by atoms with Crippen molar-refractivity contribution in [2.45, 2.75) is 24.9 Å². The van der Waals surface area contributed by atoms with Gasteiger partial charge in [0, 0.05) is 6.54 Å². The molecule has 1 unspecified atom stereocenters. The molecule has 3 N–H and O–H groups in total. The van der Waals surface area contributed by atoms with Gasteiger partial charge in [-0.15, -0.1) is 0 Å². The van der Waals surface area contributed by atoms with E-state index in [0.29, 0.717) is 44.0 Å². The van der Waals surface area contributed by atoms with E-state index in [2.05, 4.69) is 5.32 Å². The minimum absolute atomic E-state index is 0.0680. The molecule has 0 aromatic heterocycles. The molecule has 2 aliphatic heterocycles. The molecule has 0 saturated carbocycles. The minimum atomic E-state index is -0.735. The summed E-state index contributed by atoms with van der Waals surface area (Å²) in [5, 5.41) is 2.64. The second-order valence-electron chi connectivity index (χ2n) is 7.68. The lowest BCUT2D eigenvalue weighted by Gasteiger charge is -2.38. The first kappa shape index (κ1) is 20.2. The fourth-order valence-corrected chi connectivity index (χ4v) is 3.93. The molecule has 7 nitrogen and oxygen atoms in total. The van der Waals surface area contributed by atoms with Crippen molar-refractivity contribution in [3.63, 3.8) is 0 Å². The van der Waals surface area contributed by atoms with Crippen molar-refractivity contribution in [1.29, 1.82) is 0 Å². The van der Waals surface area contributed by atoms with Crippen LogP contribution in [0.3, 0.4) is 0 Å². The summed E-state index contributed by atoms with van der Waals surface area (Å²) in [7, 11) is 0. The highest BCUT2D eigenvalue weighted by molar-refractivity contribution is 5.95. The van der Waals surface area contributed by atoms with Crippen molar-refractivity contribution in [3.05, 3.63) is 59.4 Å². The summed E-state index contributed by atoms with van der Waals surface area (Å²) in [5.41, 5.74) is 5.85. The number of nitrogens with one attached hydrogen (secondary N) is 1. The average Bonchev–Trinajstić information content (AvgIpc) is 3.10. The fourth-order valence-electron chi connectivity index (χ4n) is 3.93. The van der Waals surface area contributed by atoms with E-state index < -0.39 is 23.4 Å². The predicted octanol–water partition coefficient (Wildman–Crippen LogP) is 2.83. The number of amides is 2. The maximum Gasteiger partial charge on any atom is 0.407 e. The van der Waals surface area contributed by atoms with Crippen LogP contribution in [-0.4, -0.2) is 48.7 Å². The number of carbonyl (C=O) groups excluding carboxylic acids is 2. The number of carbonyl (C=O) groups is 2. The smallest absolute Gasteiger partial charge is 0.407 e. The molecule has 8 heteroatoms. The van der Waals surface area contributed by atoms with Crippen LogP contribution in [-0.2, 0) is 11.2 Å². The summed E-state index contributed by atoms with van der Waals surface area (Å²) < 4.78 is 25.7. The van der Waals surface area contributed by atoms with E-state index in [-0.39, 0.29) is 12.1 Å². The predicted molar refractivity (Wildman–Crippen MR) is 108 cm³/mol. The number of halogens is 1. The molecular weight excluding hydrogens is 389 g/mol. The molecular formula is C22H24FN3O4.